The van der Waals surface area contributed by atoms with Crippen LogP contribution in [0.3, 0.4) is 0 Å². The number of ether oxygens (including phenoxy) is 1. The lowest BCUT2D eigenvalue weighted by Gasteiger charge is -2.07. The highest BCUT2D eigenvalue weighted by molar-refractivity contribution is 7.99. The summed E-state index contributed by atoms with van der Waals surface area (Å²) in [6, 6.07) is 17.5. The minimum atomic E-state index is -0.122. The molecule has 0 bridgehead atoms. The van der Waals surface area contributed by atoms with Gasteiger partial charge in [0.15, 0.2) is 11.0 Å². The fourth-order valence-electron chi connectivity index (χ4n) is 3.38. The molecule has 2 aromatic carbocycles. The third-order valence-corrected chi connectivity index (χ3v) is 6.09. The number of aromatic nitrogens is 5. The zero-order chi connectivity index (χ0) is 22.7. The molecule has 32 heavy (non-hydrogen) atoms. The van der Waals surface area contributed by atoms with Crippen LogP contribution in [0.5, 0.6) is 5.75 Å². The molecular formula is C23H24N6O2S. The number of amides is 1. The van der Waals surface area contributed by atoms with Gasteiger partial charge in [0.25, 0.3) is 0 Å². The van der Waals surface area contributed by atoms with Crippen LogP contribution in [-0.4, -0.2) is 43.3 Å². The molecule has 8 nitrogen and oxygen atoms in total. The standard InChI is InChI=1S/C23H24N6O2S/c1-15-21(16(2)29(27-15)18-8-6-5-7-9-18)24-20(30)14-32-23-26-25-22(28(23)3)17-10-12-19(31-4)13-11-17/h5-13H,14H2,1-4H3,(H,24,30). The van der Waals surface area contributed by atoms with Gasteiger partial charge >= 0.3 is 0 Å². The average Bonchev–Trinajstić information content (AvgIpc) is 3.32. The van der Waals surface area contributed by atoms with Crippen molar-refractivity contribution in [1.82, 2.24) is 24.5 Å². The molecule has 1 N–H and O–H groups in total. The smallest absolute Gasteiger partial charge is 0.234 e. The quantitative estimate of drug-likeness (QED) is 0.430. The summed E-state index contributed by atoms with van der Waals surface area (Å²) in [7, 11) is 3.52. The molecule has 0 aliphatic heterocycles. The largest absolute Gasteiger partial charge is 0.497 e. The van der Waals surface area contributed by atoms with Crippen molar-refractivity contribution >= 4 is 23.4 Å². The maximum atomic E-state index is 12.7. The molecule has 0 fully saturated rings. The molecule has 0 unspecified atom stereocenters. The van der Waals surface area contributed by atoms with E-state index in [-0.39, 0.29) is 11.7 Å². The Balaban J connectivity index is 1.43. The van der Waals surface area contributed by atoms with E-state index in [0.717, 1.165) is 39.9 Å². The molecule has 0 aliphatic rings. The van der Waals surface area contributed by atoms with Crippen LogP contribution < -0.4 is 10.1 Å². The summed E-state index contributed by atoms with van der Waals surface area (Å²) >= 11 is 1.34. The monoisotopic (exact) mass is 448 g/mol. The van der Waals surface area contributed by atoms with E-state index in [4.69, 9.17) is 4.74 Å². The number of rotatable bonds is 7. The Morgan fingerprint density at radius 1 is 1.06 bits per heavy atom. The van der Waals surface area contributed by atoms with E-state index in [0.29, 0.717) is 5.16 Å². The lowest BCUT2D eigenvalue weighted by molar-refractivity contribution is -0.113. The first-order valence-corrected chi connectivity index (χ1v) is 11.0. The van der Waals surface area contributed by atoms with E-state index in [1.54, 1.807) is 7.11 Å². The molecule has 4 rings (SSSR count). The average molecular weight is 449 g/mol. The predicted molar refractivity (Wildman–Crippen MR) is 125 cm³/mol. The lowest BCUT2D eigenvalue weighted by Crippen LogP contribution is -2.15. The van der Waals surface area contributed by atoms with Crippen LogP contribution in [0.15, 0.2) is 59.8 Å². The van der Waals surface area contributed by atoms with E-state index >= 15 is 0 Å². The van der Waals surface area contributed by atoms with Gasteiger partial charge in [-0.15, -0.1) is 10.2 Å². The maximum Gasteiger partial charge on any atom is 0.234 e. The van der Waals surface area contributed by atoms with E-state index < -0.39 is 0 Å². The van der Waals surface area contributed by atoms with Gasteiger partial charge in [0.05, 0.1) is 35.6 Å². The van der Waals surface area contributed by atoms with Crippen LogP contribution in [0.25, 0.3) is 17.1 Å². The van der Waals surface area contributed by atoms with Gasteiger partial charge in [-0.25, -0.2) is 4.68 Å². The van der Waals surface area contributed by atoms with E-state index in [2.05, 4.69) is 20.6 Å². The first-order chi connectivity index (χ1) is 15.5. The van der Waals surface area contributed by atoms with Crippen LogP contribution in [0, 0.1) is 13.8 Å². The van der Waals surface area contributed by atoms with Crippen molar-refractivity contribution in [3.8, 4) is 22.8 Å². The highest BCUT2D eigenvalue weighted by atomic mass is 32.2. The van der Waals surface area contributed by atoms with Crippen LogP contribution >= 0.6 is 11.8 Å². The molecular weight excluding hydrogens is 424 g/mol. The van der Waals surface area contributed by atoms with Crippen molar-refractivity contribution < 1.29 is 9.53 Å². The number of para-hydroxylation sites is 1. The number of hydrogen-bond acceptors (Lipinski definition) is 6. The topological polar surface area (TPSA) is 86.9 Å². The number of benzene rings is 2. The number of nitrogens with zero attached hydrogens (tertiary/aromatic N) is 5. The van der Waals surface area contributed by atoms with Gasteiger partial charge in [-0.1, -0.05) is 30.0 Å². The van der Waals surface area contributed by atoms with Gasteiger partial charge in [-0.2, -0.15) is 5.10 Å². The van der Waals surface area contributed by atoms with Crippen LogP contribution in [0.4, 0.5) is 5.69 Å². The molecule has 4 aromatic rings. The van der Waals surface area contributed by atoms with E-state index in [1.165, 1.54) is 11.8 Å². The fraction of sp³-hybridized carbons (Fsp3) is 0.217. The summed E-state index contributed by atoms with van der Waals surface area (Å²) < 4.78 is 8.91. The Labute approximate surface area is 190 Å². The molecule has 0 spiro atoms. The summed E-state index contributed by atoms with van der Waals surface area (Å²) in [5, 5.41) is 16.8. The molecule has 164 valence electrons. The highest BCUT2D eigenvalue weighted by Gasteiger charge is 2.17. The second-order valence-corrected chi connectivity index (χ2v) is 8.17. The third kappa shape index (κ3) is 4.38. The summed E-state index contributed by atoms with van der Waals surface area (Å²) in [5.41, 5.74) is 4.26. The number of nitrogens with one attached hydrogen (secondary N) is 1. The first-order valence-electron chi connectivity index (χ1n) is 10.1. The first kappa shape index (κ1) is 21.6. The second-order valence-electron chi connectivity index (χ2n) is 7.22. The fourth-order valence-corrected chi connectivity index (χ4v) is 4.09. The van der Waals surface area contributed by atoms with Gasteiger partial charge < -0.3 is 14.6 Å². The molecule has 9 heteroatoms. The lowest BCUT2D eigenvalue weighted by atomic mass is 10.2. The Bertz CT molecular complexity index is 1230. The minimum Gasteiger partial charge on any atom is -0.497 e. The molecule has 2 heterocycles. The summed E-state index contributed by atoms with van der Waals surface area (Å²) in [6.07, 6.45) is 0. The van der Waals surface area contributed by atoms with Crippen LogP contribution in [0.2, 0.25) is 0 Å². The number of aryl methyl sites for hydroxylation is 1. The SMILES string of the molecule is COc1ccc(-c2nnc(SCC(=O)Nc3c(C)nn(-c4ccccc4)c3C)n2C)cc1. The molecule has 0 atom stereocenters. The summed E-state index contributed by atoms with van der Waals surface area (Å²) in [6.45, 7) is 3.83. The number of carbonyl (C=O) groups is 1. The molecule has 0 aliphatic carbocycles. The van der Waals surface area contributed by atoms with Gasteiger partial charge in [0.1, 0.15) is 5.75 Å². The molecule has 0 saturated heterocycles. The van der Waals surface area contributed by atoms with Crippen LogP contribution in [0.1, 0.15) is 11.4 Å². The zero-order valence-corrected chi connectivity index (χ0v) is 19.2. The highest BCUT2D eigenvalue weighted by Crippen LogP contribution is 2.26. The minimum absolute atomic E-state index is 0.122. The Hall–Kier alpha value is -3.59. The second kappa shape index (κ2) is 9.27. The van der Waals surface area contributed by atoms with Gasteiger partial charge in [-0.05, 0) is 50.2 Å². The van der Waals surface area contributed by atoms with Crippen LogP contribution in [-0.2, 0) is 11.8 Å². The predicted octanol–water partition coefficient (Wildman–Crippen LogP) is 4.02. The van der Waals surface area contributed by atoms with Gasteiger partial charge in [0.2, 0.25) is 5.91 Å². The van der Waals surface area contributed by atoms with Crippen molar-refractivity contribution in [2.45, 2.75) is 19.0 Å². The Kier molecular flexibility index (Phi) is 6.27. The van der Waals surface area contributed by atoms with Crippen molar-refractivity contribution in [1.29, 1.82) is 0 Å². The molecule has 1 amide bonds. The molecule has 0 radical (unpaired) electrons. The normalized spacial score (nSPS) is 10.9. The zero-order valence-electron chi connectivity index (χ0n) is 18.4. The number of anilines is 1. The maximum absolute atomic E-state index is 12.7. The number of hydrogen-bond donors (Lipinski definition) is 1. The van der Waals surface area contributed by atoms with Crippen molar-refractivity contribution in [3.63, 3.8) is 0 Å². The Morgan fingerprint density at radius 2 is 1.78 bits per heavy atom. The Morgan fingerprint density at radius 3 is 2.47 bits per heavy atom. The number of methoxy groups -OCH3 is 1. The summed E-state index contributed by atoms with van der Waals surface area (Å²) in [5.74, 6) is 1.60. The third-order valence-electron chi connectivity index (χ3n) is 5.07. The van der Waals surface area contributed by atoms with Crippen molar-refractivity contribution in [3.05, 3.63) is 66.0 Å². The van der Waals surface area contributed by atoms with Crippen molar-refractivity contribution in [2.75, 3.05) is 18.2 Å². The molecule has 0 saturated carbocycles. The summed E-state index contributed by atoms with van der Waals surface area (Å²) in [4.78, 5) is 12.7. The van der Waals surface area contributed by atoms with E-state index in [1.807, 2.05) is 84.7 Å². The van der Waals surface area contributed by atoms with Gasteiger partial charge in [-0.3, -0.25) is 4.79 Å². The van der Waals surface area contributed by atoms with E-state index in [9.17, 15) is 4.79 Å². The van der Waals surface area contributed by atoms with Gasteiger partial charge in [0, 0.05) is 12.6 Å². The number of thioether (sulfide) groups is 1. The molecule has 2 aromatic heterocycles. The van der Waals surface area contributed by atoms with Crippen molar-refractivity contribution in [2.24, 2.45) is 7.05 Å². The number of carbonyl (C=O) groups excluding carboxylic acids is 1.